The van der Waals surface area contributed by atoms with Gasteiger partial charge < -0.3 is 10.5 Å². The molecule has 0 radical (unpaired) electrons. The molecule has 0 unspecified atom stereocenters. The molecule has 0 saturated carbocycles. The van der Waals surface area contributed by atoms with E-state index < -0.39 is 24.7 Å². The van der Waals surface area contributed by atoms with Gasteiger partial charge >= 0.3 is 0 Å². The summed E-state index contributed by atoms with van der Waals surface area (Å²) in [5.41, 5.74) is 5.50. The van der Waals surface area contributed by atoms with E-state index in [0.29, 0.717) is 0 Å². The van der Waals surface area contributed by atoms with Crippen LogP contribution < -0.4 is 10.5 Å². The molecule has 0 spiro atoms. The van der Waals surface area contributed by atoms with Crippen LogP contribution in [-0.2, 0) is 0 Å². The first-order valence-corrected chi connectivity index (χ1v) is 4.42. The van der Waals surface area contributed by atoms with Gasteiger partial charge in [0, 0.05) is 18.0 Å². The highest BCUT2D eigenvalue weighted by molar-refractivity contribution is 5.32. The largest absolute Gasteiger partial charge is 0.494 e. The summed E-state index contributed by atoms with van der Waals surface area (Å²) in [6, 6.07) is 3.29. The molecule has 0 aliphatic heterocycles. The number of nitrogens with two attached hydrogens (primary N) is 1. The van der Waals surface area contributed by atoms with E-state index in [2.05, 4.69) is 0 Å². The van der Waals surface area contributed by atoms with Crippen molar-refractivity contribution in [2.24, 2.45) is 5.73 Å². The van der Waals surface area contributed by atoms with Crippen LogP contribution >= 0.6 is 0 Å². The van der Waals surface area contributed by atoms with Gasteiger partial charge in [0.25, 0.3) is 0 Å². The van der Waals surface area contributed by atoms with Crippen LogP contribution in [0, 0.1) is 5.82 Å². The quantitative estimate of drug-likeness (QED) is 0.844. The first-order chi connectivity index (χ1) is 7.06. The van der Waals surface area contributed by atoms with Crippen LogP contribution in [0.5, 0.6) is 5.75 Å². The monoisotopic (exact) mass is 219 g/mol. The van der Waals surface area contributed by atoms with Crippen molar-refractivity contribution < 1.29 is 17.9 Å². The molecule has 0 bridgehead atoms. The molecule has 2 N–H and O–H groups in total. The van der Waals surface area contributed by atoms with Crippen molar-refractivity contribution in [2.75, 3.05) is 7.11 Å². The highest BCUT2D eigenvalue weighted by Crippen LogP contribution is 2.26. The average molecular weight is 219 g/mol. The van der Waals surface area contributed by atoms with E-state index in [1.54, 1.807) is 0 Å². The third kappa shape index (κ3) is 2.86. The summed E-state index contributed by atoms with van der Waals surface area (Å²) >= 11 is 0. The zero-order chi connectivity index (χ0) is 11.4. The van der Waals surface area contributed by atoms with Gasteiger partial charge in [0.15, 0.2) is 11.6 Å². The minimum atomic E-state index is -2.55. The van der Waals surface area contributed by atoms with E-state index in [-0.39, 0.29) is 11.3 Å². The number of hydrogen-bond acceptors (Lipinski definition) is 2. The molecular formula is C10H12F3NO. The van der Waals surface area contributed by atoms with Gasteiger partial charge in [0.2, 0.25) is 6.43 Å². The van der Waals surface area contributed by atoms with Gasteiger partial charge in [-0.25, -0.2) is 13.2 Å². The molecule has 0 saturated heterocycles. The number of methoxy groups -OCH3 is 1. The van der Waals surface area contributed by atoms with Crippen molar-refractivity contribution in [3.8, 4) is 5.75 Å². The van der Waals surface area contributed by atoms with Crippen molar-refractivity contribution in [2.45, 2.75) is 18.9 Å². The van der Waals surface area contributed by atoms with Crippen molar-refractivity contribution >= 4 is 0 Å². The van der Waals surface area contributed by atoms with Crippen molar-refractivity contribution in [1.82, 2.24) is 0 Å². The summed E-state index contributed by atoms with van der Waals surface area (Å²) in [4.78, 5) is 0. The molecule has 84 valence electrons. The minimum Gasteiger partial charge on any atom is -0.494 e. The minimum absolute atomic E-state index is 0.0113. The van der Waals surface area contributed by atoms with Gasteiger partial charge in [-0.1, -0.05) is 12.1 Å². The van der Waals surface area contributed by atoms with Gasteiger partial charge in [0.05, 0.1) is 7.11 Å². The maximum absolute atomic E-state index is 13.5. The summed E-state index contributed by atoms with van der Waals surface area (Å²) in [5.74, 6) is -0.662. The number of halogens is 3. The molecule has 0 aliphatic rings. The average Bonchev–Trinajstić information content (AvgIpc) is 2.17. The number of benzene rings is 1. The molecular weight excluding hydrogens is 207 g/mol. The third-order valence-corrected chi connectivity index (χ3v) is 2.04. The molecule has 2 nitrogen and oxygen atoms in total. The second kappa shape index (κ2) is 5.02. The molecule has 5 heteroatoms. The van der Waals surface area contributed by atoms with Crippen LogP contribution in [0.2, 0.25) is 0 Å². The molecule has 1 aromatic carbocycles. The Hall–Kier alpha value is -1.23. The maximum atomic E-state index is 13.5. The second-order valence-electron chi connectivity index (χ2n) is 3.10. The van der Waals surface area contributed by atoms with Gasteiger partial charge in [-0.15, -0.1) is 0 Å². The summed E-state index contributed by atoms with van der Waals surface area (Å²) in [6.07, 6.45) is -3.12. The summed E-state index contributed by atoms with van der Waals surface area (Å²) in [7, 11) is 1.31. The number of hydrogen-bond donors (Lipinski definition) is 1. The Balaban J connectivity index is 2.93. The highest BCUT2D eigenvalue weighted by atomic mass is 19.3. The Kier molecular flexibility index (Phi) is 3.96. The lowest BCUT2D eigenvalue weighted by molar-refractivity contribution is 0.128. The number of ether oxygens (including phenoxy) is 1. The van der Waals surface area contributed by atoms with Crippen molar-refractivity contribution in [3.63, 3.8) is 0 Å². The van der Waals surface area contributed by atoms with Crippen LogP contribution in [0.25, 0.3) is 0 Å². The molecule has 15 heavy (non-hydrogen) atoms. The fourth-order valence-electron chi connectivity index (χ4n) is 1.29. The van der Waals surface area contributed by atoms with Gasteiger partial charge in [0.1, 0.15) is 0 Å². The lowest BCUT2D eigenvalue weighted by atomic mass is 10.0. The van der Waals surface area contributed by atoms with Crippen LogP contribution in [0.1, 0.15) is 18.0 Å². The molecule has 1 aromatic rings. The smallest absolute Gasteiger partial charge is 0.240 e. The maximum Gasteiger partial charge on any atom is 0.240 e. The fraction of sp³-hybridized carbons (Fsp3) is 0.400. The Labute approximate surface area is 85.8 Å². The first kappa shape index (κ1) is 11.8. The van der Waals surface area contributed by atoms with E-state index in [0.717, 1.165) is 0 Å². The number of rotatable bonds is 4. The molecule has 1 atom stereocenters. The molecule has 0 fully saturated rings. The summed E-state index contributed by atoms with van der Waals surface area (Å²) in [6.45, 7) is 0. The molecule has 1 rings (SSSR count). The Morgan fingerprint density at radius 1 is 1.40 bits per heavy atom. The SMILES string of the molecule is COc1cccc([C@H](N)CC(F)F)c1F. The van der Waals surface area contributed by atoms with E-state index in [1.807, 2.05) is 0 Å². The zero-order valence-corrected chi connectivity index (χ0v) is 8.21. The van der Waals surface area contributed by atoms with Gasteiger partial charge in [-0.05, 0) is 6.07 Å². The van der Waals surface area contributed by atoms with Crippen molar-refractivity contribution in [3.05, 3.63) is 29.6 Å². The van der Waals surface area contributed by atoms with Gasteiger partial charge in [-0.3, -0.25) is 0 Å². The highest BCUT2D eigenvalue weighted by Gasteiger charge is 2.18. The predicted molar refractivity (Wildman–Crippen MR) is 50.5 cm³/mol. The predicted octanol–water partition coefficient (Wildman–Crippen LogP) is 2.49. The number of alkyl halides is 2. The fourth-order valence-corrected chi connectivity index (χ4v) is 1.29. The lowest BCUT2D eigenvalue weighted by Crippen LogP contribution is -2.15. The van der Waals surface area contributed by atoms with Crippen LogP contribution in [-0.4, -0.2) is 13.5 Å². The van der Waals surface area contributed by atoms with E-state index in [4.69, 9.17) is 10.5 Å². The Morgan fingerprint density at radius 3 is 2.60 bits per heavy atom. The van der Waals surface area contributed by atoms with Crippen LogP contribution in [0.4, 0.5) is 13.2 Å². The summed E-state index contributed by atoms with van der Waals surface area (Å²) < 4.78 is 42.3. The topological polar surface area (TPSA) is 35.2 Å². The Morgan fingerprint density at radius 2 is 2.07 bits per heavy atom. The standard InChI is InChI=1S/C10H12F3NO/c1-15-8-4-2-3-6(10(8)13)7(14)5-9(11)12/h2-4,7,9H,5,14H2,1H3/t7-/m1/s1. The normalized spacial score (nSPS) is 12.9. The molecule has 0 aromatic heterocycles. The second-order valence-corrected chi connectivity index (χ2v) is 3.10. The Bertz CT molecular complexity index is 330. The lowest BCUT2D eigenvalue weighted by Gasteiger charge is -2.13. The van der Waals surface area contributed by atoms with E-state index in [1.165, 1.54) is 25.3 Å². The van der Waals surface area contributed by atoms with Crippen LogP contribution in [0.3, 0.4) is 0 Å². The molecule has 0 aliphatic carbocycles. The van der Waals surface area contributed by atoms with Gasteiger partial charge in [-0.2, -0.15) is 0 Å². The molecule has 0 amide bonds. The van der Waals surface area contributed by atoms with Crippen LogP contribution in [0.15, 0.2) is 18.2 Å². The zero-order valence-electron chi connectivity index (χ0n) is 8.21. The van der Waals surface area contributed by atoms with E-state index >= 15 is 0 Å². The first-order valence-electron chi connectivity index (χ1n) is 4.42. The third-order valence-electron chi connectivity index (χ3n) is 2.04. The molecule has 0 heterocycles. The van der Waals surface area contributed by atoms with E-state index in [9.17, 15) is 13.2 Å². The summed E-state index contributed by atoms with van der Waals surface area (Å²) in [5, 5.41) is 0. The van der Waals surface area contributed by atoms with Crippen molar-refractivity contribution in [1.29, 1.82) is 0 Å².